The van der Waals surface area contributed by atoms with E-state index in [1.54, 1.807) is 4.68 Å². The topological polar surface area (TPSA) is 91.0 Å². The molecule has 0 unspecified atom stereocenters. The lowest BCUT2D eigenvalue weighted by molar-refractivity contribution is -0.122. The van der Waals surface area contributed by atoms with E-state index < -0.39 is 0 Å². The molecule has 1 atom stereocenters. The van der Waals surface area contributed by atoms with Crippen LogP contribution in [-0.4, -0.2) is 44.5 Å². The van der Waals surface area contributed by atoms with Crippen molar-refractivity contribution in [2.24, 2.45) is 0 Å². The van der Waals surface area contributed by atoms with Gasteiger partial charge in [0.2, 0.25) is 5.91 Å². The number of ether oxygens (including phenoxy) is 1. The maximum Gasteiger partial charge on any atom is 0.264 e. The van der Waals surface area contributed by atoms with Gasteiger partial charge in [-0.25, -0.2) is 9.67 Å². The molecule has 0 aliphatic carbocycles. The van der Waals surface area contributed by atoms with Crippen LogP contribution in [0.4, 0.5) is 0 Å². The zero-order chi connectivity index (χ0) is 18.8. The van der Waals surface area contributed by atoms with E-state index in [1.165, 1.54) is 17.1 Å². The molecule has 1 saturated heterocycles. The first-order valence-electron chi connectivity index (χ1n) is 9.00. The first kappa shape index (κ1) is 17.4. The SMILES string of the molecule is Cc1ccc(-n2ncc3c(=O)n(CC(=O)NC[C@H]4CCCO4)cnc32)cc1. The van der Waals surface area contributed by atoms with Crippen molar-refractivity contribution in [3.63, 3.8) is 0 Å². The Balaban J connectivity index is 1.53. The van der Waals surface area contributed by atoms with Crippen LogP contribution in [0.15, 0.2) is 41.6 Å². The zero-order valence-corrected chi connectivity index (χ0v) is 15.1. The van der Waals surface area contributed by atoms with Crippen molar-refractivity contribution in [1.82, 2.24) is 24.6 Å². The average Bonchev–Trinajstić information content (AvgIpc) is 3.33. The largest absolute Gasteiger partial charge is 0.376 e. The Bertz CT molecular complexity index is 1020. The highest BCUT2D eigenvalue weighted by Crippen LogP contribution is 2.14. The Morgan fingerprint density at radius 3 is 2.89 bits per heavy atom. The Kier molecular flexibility index (Phi) is 4.72. The van der Waals surface area contributed by atoms with E-state index >= 15 is 0 Å². The molecule has 0 radical (unpaired) electrons. The summed E-state index contributed by atoms with van der Waals surface area (Å²) < 4.78 is 8.40. The molecule has 140 valence electrons. The van der Waals surface area contributed by atoms with Crippen molar-refractivity contribution in [3.8, 4) is 5.69 Å². The summed E-state index contributed by atoms with van der Waals surface area (Å²) in [4.78, 5) is 29.2. The molecular formula is C19H21N5O3. The predicted molar refractivity (Wildman–Crippen MR) is 99.8 cm³/mol. The minimum absolute atomic E-state index is 0.0685. The van der Waals surface area contributed by atoms with Gasteiger partial charge in [-0.2, -0.15) is 5.10 Å². The molecule has 1 aliphatic heterocycles. The van der Waals surface area contributed by atoms with Gasteiger partial charge in [-0.3, -0.25) is 14.2 Å². The van der Waals surface area contributed by atoms with E-state index in [0.29, 0.717) is 17.6 Å². The number of rotatable bonds is 5. The van der Waals surface area contributed by atoms with Crippen molar-refractivity contribution in [2.45, 2.75) is 32.4 Å². The molecule has 1 N–H and O–H groups in total. The Morgan fingerprint density at radius 2 is 2.15 bits per heavy atom. The highest BCUT2D eigenvalue weighted by molar-refractivity contribution is 5.77. The Morgan fingerprint density at radius 1 is 1.33 bits per heavy atom. The molecule has 8 nitrogen and oxygen atoms in total. The molecule has 1 amide bonds. The molecule has 0 bridgehead atoms. The summed E-state index contributed by atoms with van der Waals surface area (Å²) in [5.74, 6) is -0.236. The van der Waals surface area contributed by atoms with Gasteiger partial charge >= 0.3 is 0 Å². The molecule has 3 heterocycles. The van der Waals surface area contributed by atoms with Gasteiger partial charge in [-0.1, -0.05) is 17.7 Å². The quantitative estimate of drug-likeness (QED) is 0.731. The van der Waals surface area contributed by atoms with Crippen molar-refractivity contribution in [2.75, 3.05) is 13.2 Å². The molecule has 3 aromatic rings. The summed E-state index contributed by atoms with van der Waals surface area (Å²) in [6.45, 7) is 3.14. The van der Waals surface area contributed by atoms with Crippen molar-refractivity contribution < 1.29 is 9.53 Å². The van der Waals surface area contributed by atoms with E-state index in [-0.39, 0.29) is 24.1 Å². The monoisotopic (exact) mass is 367 g/mol. The van der Waals surface area contributed by atoms with Gasteiger partial charge in [-0.15, -0.1) is 0 Å². The molecule has 0 spiro atoms. The van der Waals surface area contributed by atoms with Crippen LogP contribution in [0.5, 0.6) is 0 Å². The number of amides is 1. The van der Waals surface area contributed by atoms with Gasteiger partial charge in [0, 0.05) is 13.2 Å². The van der Waals surface area contributed by atoms with Crippen LogP contribution >= 0.6 is 0 Å². The van der Waals surface area contributed by atoms with Gasteiger partial charge in [0.05, 0.1) is 18.0 Å². The predicted octanol–water partition coefficient (Wildman–Crippen LogP) is 1.19. The lowest BCUT2D eigenvalue weighted by Crippen LogP contribution is -2.36. The number of fused-ring (bicyclic) bond motifs is 1. The van der Waals surface area contributed by atoms with Crippen LogP contribution in [0.2, 0.25) is 0 Å². The average molecular weight is 367 g/mol. The van der Waals surface area contributed by atoms with Crippen LogP contribution in [0.3, 0.4) is 0 Å². The zero-order valence-electron chi connectivity index (χ0n) is 15.1. The Labute approximate surface area is 155 Å². The number of nitrogens with one attached hydrogen (secondary N) is 1. The van der Waals surface area contributed by atoms with Crippen molar-refractivity contribution in [3.05, 3.63) is 52.7 Å². The van der Waals surface area contributed by atoms with E-state index in [4.69, 9.17) is 4.74 Å². The Hall–Kier alpha value is -3.00. The summed E-state index contributed by atoms with van der Waals surface area (Å²) in [5.41, 5.74) is 2.15. The second-order valence-electron chi connectivity index (χ2n) is 6.75. The molecule has 27 heavy (non-hydrogen) atoms. The number of aromatic nitrogens is 4. The summed E-state index contributed by atoms with van der Waals surface area (Å²) in [6.07, 6.45) is 4.92. The summed E-state index contributed by atoms with van der Waals surface area (Å²) in [6, 6.07) is 7.80. The first-order valence-corrected chi connectivity index (χ1v) is 9.00. The number of hydrogen-bond acceptors (Lipinski definition) is 5. The number of nitrogens with zero attached hydrogens (tertiary/aromatic N) is 4. The van der Waals surface area contributed by atoms with Gasteiger partial charge < -0.3 is 10.1 Å². The standard InChI is InChI=1S/C19H21N5O3/c1-13-4-6-14(7-5-13)24-18-16(10-22-24)19(26)23(12-21-18)11-17(25)20-9-15-3-2-8-27-15/h4-7,10,12,15H,2-3,8-9,11H2,1H3,(H,20,25)/t15-/m1/s1. The number of aryl methyl sites for hydroxylation is 1. The number of carbonyl (C=O) groups excluding carboxylic acids is 1. The van der Waals surface area contributed by atoms with Crippen molar-refractivity contribution in [1.29, 1.82) is 0 Å². The van der Waals surface area contributed by atoms with Gasteiger partial charge in [0.15, 0.2) is 5.65 Å². The van der Waals surface area contributed by atoms with Gasteiger partial charge in [0.25, 0.3) is 5.56 Å². The smallest absolute Gasteiger partial charge is 0.264 e. The summed E-state index contributed by atoms with van der Waals surface area (Å²) >= 11 is 0. The minimum Gasteiger partial charge on any atom is -0.376 e. The minimum atomic E-state index is -0.286. The molecular weight excluding hydrogens is 346 g/mol. The van der Waals surface area contributed by atoms with Gasteiger partial charge in [0.1, 0.15) is 18.3 Å². The number of carbonyl (C=O) groups is 1. The highest BCUT2D eigenvalue weighted by Gasteiger charge is 2.17. The van der Waals surface area contributed by atoms with Gasteiger partial charge in [-0.05, 0) is 31.9 Å². The van der Waals surface area contributed by atoms with Crippen LogP contribution in [0.1, 0.15) is 18.4 Å². The van der Waals surface area contributed by atoms with E-state index in [2.05, 4.69) is 15.4 Å². The van der Waals surface area contributed by atoms with Crippen LogP contribution < -0.4 is 10.9 Å². The maximum atomic E-state index is 12.7. The molecule has 8 heteroatoms. The molecule has 1 aliphatic rings. The number of hydrogen-bond donors (Lipinski definition) is 1. The lowest BCUT2D eigenvalue weighted by Gasteiger charge is -2.11. The van der Waals surface area contributed by atoms with E-state index in [1.807, 2.05) is 31.2 Å². The molecule has 4 rings (SSSR count). The maximum absolute atomic E-state index is 12.7. The number of benzene rings is 1. The normalized spacial score (nSPS) is 16.7. The highest BCUT2D eigenvalue weighted by atomic mass is 16.5. The van der Waals surface area contributed by atoms with Crippen LogP contribution in [0.25, 0.3) is 16.7 Å². The summed E-state index contributed by atoms with van der Waals surface area (Å²) in [5, 5.41) is 7.48. The summed E-state index contributed by atoms with van der Waals surface area (Å²) in [7, 11) is 0. The molecule has 1 aromatic carbocycles. The third-order valence-corrected chi connectivity index (χ3v) is 4.70. The second kappa shape index (κ2) is 7.32. The second-order valence-corrected chi connectivity index (χ2v) is 6.75. The third-order valence-electron chi connectivity index (χ3n) is 4.70. The fraction of sp³-hybridized carbons (Fsp3) is 0.368. The lowest BCUT2D eigenvalue weighted by atomic mass is 10.2. The van der Waals surface area contributed by atoms with Crippen LogP contribution in [-0.2, 0) is 16.1 Å². The van der Waals surface area contributed by atoms with E-state index in [9.17, 15) is 9.59 Å². The van der Waals surface area contributed by atoms with Crippen LogP contribution in [0, 0.1) is 6.92 Å². The first-order chi connectivity index (χ1) is 13.1. The fourth-order valence-electron chi connectivity index (χ4n) is 3.18. The third kappa shape index (κ3) is 3.61. The van der Waals surface area contributed by atoms with E-state index in [0.717, 1.165) is 30.7 Å². The van der Waals surface area contributed by atoms with Crippen molar-refractivity contribution >= 4 is 16.9 Å². The molecule has 1 fully saturated rings. The molecule has 2 aromatic heterocycles. The fourth-order valence-corrected chi connectivity index (χ4v) is 3.18. The molecule has 0 saturated carbocycles.